The Balaban J connectivity index is 2.59. The summed E-state index contributed by atoms with van der Waals surface area (Å²) < 4.78 is 25.1. The van der Waals surface area contributed by atoms with Crippen molar-refractivity contribution in [2.45, 2.75) is 19.8 Å². The van der Waals surface area contributed by atoms with E-state index in [-0.39, 0.29) is 5.75 Å². The number of hydrogen-bond donors (Lipinski definition) is 0. The van der Waals surface area contributed by atoms with Gasteiger partial charge in [0.1, 0.15) is 0 Å². The van der Waals surface area contributed by atoms with Gasteiger partial charge in [0.25, 0.3) is 0 Å². The highest BCUT2D eigenvalue weighted by Crippen LogP contribution is 2.08. The molecule has 1 aliphatic rings. The molecule has 0 amide bonds. The van der Waals surface area contributed by atoms with Gasteiger partial charge in [0.15, 0.2) is 0 Å². The van der Waals surface area contributed by atoms with Crippen LogP contribution in [0.3, 0.4) is 0 Å². The second-order valence-corrected chi connectivity index (χ2v) is 5.96. The average Bonchev–Trinajstić information content (AvgIpc) is 2.30. The van der Waals surface area contributed by atoms with E-state index in [0.717, 1.165) is 19.5 Å². The Bertz CT molecular complexity index is 264. The van der Waals surface area contributed by atoms with Crippen LogP contribution in [0.5, 0.6) is 0 Å². The zero-order chi connectivity index (χ0) is 10.6. The van der Waals surface area contributed by atoms with Gasteiger partial charge in [-0.05, 0) is 26.4 Å². The Morgan fingerprint density at radius 1 is 1.14 bits per heavy atom. The Hall–Kier alpha value is -0.130. The Labute approximate surface area is 86.9 Å². The van der Waals surface area contributed by atoms with Crippen LogP contribution in [0.15, 0.2) is 0 Å². The lowest BCUT2D eigenvalue weighted by atomic mass is 10.4. The number of hydrogen-bond acceptors (Lipinski definition) is 3. The molecule has 1 saturated heterocycles. The van der Waals surface area contributed by atoms with Gasteiger partial charge in [0, 0.05) is 19.6 Å². The minimum Gasteiger partial charge on any atom is -0.305 e. The quantitative estimate of drug-likeness (QED) is 0.690. The Kier molecular flexibility index (Phi) is 4.34. The van der Waals surface area contributed by atoms with Crippen molar-refractivity contribution in [1.29, 1.82) is 0 Å². The molecule has 1 aliphatic heterocycles. The van der Waals surface area contributed by atoms with E-state index in [2.05, 4.69) is 4.90 Å². The molecule has 0 aliphatic carbocycles. The summed E-state index contributed by atoms with van der Waals surface area (Å²) in [7, 11) is -0.936. The average molecular weight is 220 g/mol. The van der Waals surface area contributed by atoms with Crippen molar-refractivity contribution in [3.05, 3.63) is 0 Å². The minimum absolute atomic E-state index is 0.288. The van der Waals surface area contributed by atoms with E-state index >= 15 is 0 Å². The van der Waals surface area contributed by atoms with Crippen LogP contribution in [0, 0.1) is 0 Å². The van der Waals surface area contributed by atoms with Gasteiger partial charge in [-0.2, -0.15) is 0 Å². The topological polar surface area (TPSA) is 40.6 Å². The zero-order valence-electron chi connectivity index (χ0n) is 9.07. The molecule has 84 valence electrons. The second kappa shape index (κ2) is 5.09. The third kappa shape index (κ3) is 3.22. The molecule has 0 radical (unpaired) electrons. The third-order valence-corrected chi connectivity index (χ3v) is 4.61. The van der Waals surface area contributed by atoms with E-state index in [0.29, 0.717) is 19.5 Å². The SMILES string of the molecule is CCCS(=O)(=O)N1CCCN(C)CC1. The molecule has 5 heteroatoms. The van der Waals surface area contributed by atoms with Crippen molar-refractivity contribution < 1.29 is 8.42 Å². The number of likely N-dealkylation sites (N-methyl/N-ethyl adjacent to an activating group) is 1. The predicted molar refractivity (Wildman–Crippen MR) is 57.8 cm³/mol. The molecule has 4 nitrogen and oxygen atoms in total. The van der Waals surface area contributed by atoms with Gasteiger partial charge in [-0.1, -0.05) is 6.92 Å². The van der Waals surface area contributed by atoms with Crippen LogP contribution < -0.4 is 0 Å². The summed E-state index contributed by atoms with van der Waals surface area (Å²) in [5.74, 6) is 0.288. The monoisotopic (exact) mass is 220 g/mol. The summed E-state index contributed by atoms with van der Waals surface area (Å²) in [5.41, 5.74) is 0. The van der Waals surface area contributed by atoms with Gasteiger partial charge >= 0.3 is 0 Å². The molecule has 0 saturated carbocycles. The Morgan fingerprint density at radius 2 is 1.86 bits per heavy atom. The van der Waals surface area contributed by atoms with Crippen molar-refractivity contribution >= 4 is 10.0 Å². The molecule has 1 heterocycles. The van der Waals surface area contributed by atoms with Crippen molar-refractivity contribution in [2.75, 3.05) is 39.0 Å². The zero-order valence-corrected chi connectivity index (χ0v) is 9.89. The molecule has 1 fully saturated rings. The third-order valence-electron chi connectivity index (χ3n) is 2.53. The molecule has 0 aromatic carbocycles. The summed E-state index contributed by atoms with van der Waals surface area (Å²) >= 11 is 0. The highest BCUT2D eigenvalue weighted by Gasteiger charge is 2.22. The van der Waals surface area contributed by atoms with E-state index in [1.807, 2.05) is 14.0 Å². The van der Waals surface area contributed by atoms with Gasteiger partial charge in [-0.25, -0.2) is 12.7 Å². The first-order chi connectivity index (χ1) is 6.56. The lowest BCUT2D eigenvalue weighted by Gasteiger charge is -2.19. The van der Waals surface area contributed by atoms with Crippen molar-refractivity contribution in [3.8, 4) is 0 Å². The van der Waals surface area contributed by atoms with Crippen molar-refractivity contribution in [3.63, 3.8) is 0 Å². The van der Waals surface area contributed by atoms with E-state index < -0.39 is 10.0 Å². The normalized spacial score (nSPS) is 22.1. The Morgan fingerprint density at radius 3 is 2.50 bits per heavy atom. The molecule has 0 unspecified atom stereocenters. The molecule has 0 aromatic rings. The van der Waals surface area contributed by atoms with Crippen LogP contribution in [-0.4, -0.2) is 56.6 Å². The van der Waals surface area contributed by atoms with E-state index in [4.69, 9.17) is 0 Å². The van der Waals surface area contributed by atoms with Crippen LogP contribution in [0.25, 0.3) is 0 Å². The van der Waals surface area contributed by atoms with Crippen molar-refractivity contribution in [1.82, 2.24) is 9.21 Å². The summed E-state index contributed by atoms with van der Waals surface area (Å²) in [6.07, 6.45) is 1.65. The highest BCUT2D eigenvalue weighted by atomic mass is 32.2. The first kappa shape index (κ1) is 11.9. The standard InChI is InChI=1S/C9H20N2O2S/c1-3-9-14(12,13)11-6-4-5-10(2)7-8-11/h3-9H2,1-2H3. The predicted octanol–water partition coefficient (Wildman–Crippen LogP) is 0.364. The molecular formula is C9H20N2O2S. The van der Waals surface area contributed by atoms with E-state index in [1.54, 1.807) is 4.31 Å². The molecular weight excluding hydrogens is 200 g/mol. The van der Waals surface area contributed by atoms with E-state index in [1.165, 1.54) is 0 Å². The first-order valence-electron chi connectivity index (χ1n) is 5.22. The summed E-state index contributed by atoms with van der Waals surface area (Å²) in [4.78, 5) is 2.18. The fraction of sp³-hybridized carbons (Fsp3) is 1.00. The van der Waals surface area contributed by atoms with Crippen LogP contribution in [0.4, 0.5) is 0 Å². The van der Waals surface area contributed by atoms with Gasteiger partial charge in [0.2, 0.25) is 10.0 Å². The van der Waals surface area contributed by atoms with Crippen molar-refractivity contribution in [2.24, 2.45) is 0 Å². The number of sulfonamides is 1. The molecule has 14 heavy (non-hydrogen) atoms. The molecule has 0 atom stereocenters. The van der Waals surface area contributed by atoms with Gasteiger partial charge in [-0.15, -0.1) is 0 Å². The molecule has 0 bridgehead atoms. The van der Waals surface area contributed by atoms with Crippen LogP contribution in [0.1, 0.15) is 19.8 Å². The first-order valence-corrected chi connectivity index (χ1v) is 6.83. The molecule has 0 aromatic heterocycles. The largest absolute Gasteiger partial charge is 0.305 e. The molecule has 0 N–H and O–H groups in total. The van der Waals surface area contributed by atoms with E-state index in [9.17, 15) is 8.42 Å². The smallest absolute Gasteiger partial charge is 0.214 e. The van der Waals surface area contributed by atoms with Crippen LogP contribution >= 0.6 is 0 Å². The van der Waals surface area contributed by atoms with Gasteiger partial charge in [0.05, 0.1) is 5.75 Å². The second-order valence-electron chi connectivity index (χ2n) is 3.87. The fourth-order valence-corrected chi connectivity index (χ4v) is 3.23. The fourth-order valence-electron chi connectivity index (χ4n) is 1.69. The number of rotatable bonds is 3. The van der Waals surface area contributed by atoms with Crippen LogP contribution in [-0.2, 0) is 10.0 Å². The lowest BCUT2D eigenvalue weighted by molar-refractivity contribution is 0.347. The summed E-state index contributed by atoms with van der Waals surface area (Å²) in [5, 5.41) is 0. The summed E-state index contributed by atoms with van der Waals surface area (Å²) in [6, 6.07) is 0. The maximum absolute atomic E-state index is 11.8. The van der Waals surface area contributed by atoms with Crippen LogP contribution in [0.2, 0.25) is 0 Å². The maximum Gasteiger partial charge on any atom is 0.214 e. The maximum atomic E-state index is 11.8. The van der Waals surface area contributed by atoms with Gasteiger partial charge < -0.3 is 4.90 Å². The highest BCUT2D eigenvalue weighted by molar-refractivity contribution is 7.89. The summed E-state index contributed by atoms with van der Waals surface area (Å²) in [6.45, 7) is 5.09. The van der Waals surface area contributed by atoms with Gasteiger partial charge in [-0.3, -0.25) is 0 Å². The lowest BCUT2D eigenvalue weighted by Crippen LogP contribution is -2.35. The molecule has 0 spiro atoms. The molecule has 1 rings (SSSR count). The minimum atomic E-state index is -2.97. The number of nitrogens with zero attached hydrogens (tertiary/aromatic N) is 2.